The third-order valence-corrected chi connectivity index (χ3v) is 4.26. The smallest absolute Gasteiger partial charge is 0.423 e. The van der Waals surface area contributed by atoms with E-state index in [2.05, 4.69) is 5.10 Å². The first-order valence-corrected chi connectivity index (χ1v) is 7.25. The number of carbonyl (C=O) groups is 1. The van der Waals surface area contributed by atoms with E-state index in [1.54, 1.807) is 30.1 Å². The van der Waals surface area contributed by atoms with Gasteiger partial charge in [0.05, 0.1) is 17.3 Å². The summed E-state index contributed by atoms with van der Waals surface area (Å²) in [5.41, 5.74) is 6.39. The van der Waals surface area contributed by atoms with Crippen LogP contribution in [0.25, 0.3) is 10.9 Å². The van der Waals surface area contributed by atoms with Crippen LogP contribution in [0.2, 0.25) is 0 Å². The van der Waals surface area contributed by atoms with Gasteiger partial charge in [-0.05, 0) is 37.4 Å². The van der Waals surface area contributed by atoms with Gasteiger partial charge in [-0.25, -0.2) is 0 Å². The van der Waals surface area contributed by atoms with Gasteiger partial charge in [0, 0.05) is 18.0 Å². The van der Waals surface area contributed by atoms with Crippen LogP contribution in [0.4, 0.5) is 0 Å². The number of aromatic nitrogens is 2. The molecule has 0 aliphatic heterocycles. The highest BCUT2D eigenvalue weighted by Gasteiger charge is 2.32. The second-order valence-electron chi connectivity index (χ2n) is 6.36. The molecule has 1 heterocycles. The van der Waals surface area contributed by atoms with Crippen LogP contribution in [-0.4, -0.2) is 33.4 Å². The Morgan fingerprint density at radius 2 is 2.09 bits per heavy atom. The van der Waals surface area contributed by atoms with E-state index in [9.17, 15) is 9.82 Å². The zero-order valence-corrected chi connectivity index (χ0v) is 13.6. The topological polar surface area (TPSA) is 90.4 Å². The van der Waals surface area contributed by atoms with Gasteiger partial charge in [0.25, 0.3) is 0 Å². The maximum Gasteiger partial charge on any atom is 0.492 e. The SMILES string of the molecule is CC(C)C(C)(C)OB(O)c1cc(C(N)=O)cc2c1cnn2C. The molecule has 0 saturated heterocycles. The maximum absolute atomic E-state index is 11.5. The molecule has 0 aliphatic rings. The van der Waals surface area contributed by atoms with Crippen LogP contribution in [0.15, 0.2) is 18.3 Å². The van der Waals surface area contributed by atoms with Gasteiger partial charge in [-0.2, -0.15) is 5.10 Å². The van der Waals surface area contributed by atoms with Crippen LogP contribution >= 0.6 is 0 Å². The standard InChI is InChI=1S/C15H22BN3O3/c1-9(2)15(3,4)22-16(21)12-6-10(14(17)20)7-13-11(12)8-18-19(13)5/h6-9,21H,1-5H3,(H2,17,20). The van der Waals surface area contributed by atoms with Crippen molar-refractivity contribution in [1.82, 2.24) is 9.78 Å². The highest BCUT2D eigenvalue weighted by Crippen LogP contribution is 2.22. The molecule has 0 fully saturated rings. The number of hydrogen-bond donors (Lipinski definition) is 2. The molecule has 118 valence electrons. The largest absolute Gasteiger partial charge is 0.492 e. The van der Waals surface area contributed by atoms with Crippen molar-refractivity contribution in [2.75, 3.05) is 0 Å². The monoisotopic (exact) mass is 303 g/mol. The fourth-order valence-corrected chi connectivity index (χ4v) is 2.11. The van der Waals surface area contributed by atoms with Gasteiger partial charge in [0.1, 0.15) is 0 Å². The zero-order valence-electron chi connectivity index (χ0n) is 13.6. The Morgan fingerprint density at radius 1 is 1.45 bits per heavy atom. The Bertz CT molecular complexity index is 709. The predicted octanol–water partition coefficient (Wildman–Crippen LogP) is 0.811. The number of carbonyl (C=O) groups excluding carboxylic acids is 1. The van der Waals surface area contributed by atoms with Crippen molar-refractivity contribution in [3.05, 3.63) is 23.9 Å². The molecule has 1 amide bonds. The highest BCUT2D eigenvalue weighted by atomic mass is 16.5. The van der Waals surface area contributed by atoms with E-state index >= 15 is 0 Å². The number of amides is 1. The van der Waals surface area contributed by atoms with Gasteiger partial charge in [-0.15, -0.1) is 0 Å². The van der Waals surface area contributed by atoms with Crippen LogP contribution in [0.3, 0.4) is 0 Å². The van der Waals surface area contributed by atoms with Crippen LogP contribution in [0.1, 0.15) is 38.1 Å². The summed E-state index contributed by atoms with van der Waals surface area (Å²) in [5, 5.41) is 15.4. The molecular formula is C15H22BN3O3. The zero-order chi connectivity index (χ0) is 16.7. The third kappa shape index (κ3) is 3.00. The Balaban J connectivity index is 2.51. The number of aryl methyl sites for hydroxylation is 1. The fraction of sp³-hybridized carbons (Fsp3) is 0.467. The summed E-state index contributed by atoms with van der Waals surface area (Å²) in [4.78, 5) is 11.5. The summed E-state index contributed by atoms with van der Waals surface area (Å²) in [5.74, 6) is -0.342. The molecule has 6 nitrogen and oxygen atoms in total. The molecule has 0 unspecified atom stereocenters. The molecule has 0 atom stereocenters. The number of benzene rings is 1. The second-order valence-corrected chi connectivity index (χ2v) is 6.36. The minimum Gasteiger partial charge on any atom is -0.423 e. The summed E-state index contributed by atoms with van der Waals surface area (Å²) >= 11 is 0. The van der Waals surface area contributed by atoms with Gasteiger partial charge in [-0.3, -0.25) is 9.48 Å². The first-order chi connectivity index (χ1) is 10.1. The number of hydrogen-bond acceptors (Lipinski definition) is 4. The number of fused-ring (bicyclic) bond motifs is 1. The molecule has 1 aromatic heterocycles. The molecule has 1 aromatic carbocycles. The number of nitrogens with zero attached hydrogens (tertiary/aromatic N) is 2. The molecule has 22 heavy (non-hydrogen) atoms. The van der Waals surface area contributed by atoms with E-state index in [-0.39, 0.29) is 5.92 Å². The lowest BCUT2D eigenvalue weighted by Crippen LogP contribution is -2.44. The molecule has 2 aromatic rings. The van der Waals surface area contributed by atoms with Crippen molar-refractivity contribution in [3.63, 3.8) is 0 Å². The quantitative estimate of drug-likeness (QED) is 0.800. The Kier molecular flexibility index (Phi) is 4.31. The van der Waals surface area contributed by atoms with Gasteiger partial charge in [0.2, 0.25) is 5.91 Å². The van der Waals surface area contributed by atoms with Crippen LogP contribution in [0.5, 0.6) is 0 Å². The third-order valence-electron chi connectivity index (χ3n) is 4.26. The number of nitrogens with two attached hydrogens (primary N) is 1. The van der Waals surface area contributed by atoms with Crippen molar-refractivity contribution >= 4 is 29.4 Å². The van der Waals surface area contributed by atoms with Crippen molar-refractivity contribution in [2.45, 2.75) is 33.3 Å². The Morgan fingerprint density at radius 3 is 2.64 bits per heavy atom. The van der Waals surface area contributed by atoms with Crippen LogP contribution < -0.4 is 11.2 Å². The van der Waals surface area contributed by atoms with Gasteiger partial charge >= 0.3 is 7.12 Å². The number of rotatable bonds is 5. The lowest BCUT2D eigenvalue weighted by atomic mass is 9.75. The van der Waals surface area contributed by atoms with E-state index in [0.29, 0.717) is 11.0 Å². The van der Waals surface area contributed by atoms with E-state index in [1.165, 1.54) is 0 Å². The number of primary amides is 1. The predicted molar refractivity (Wildman–Crippen MR) is 86.8 cm³/mol. The average Bonchev–Trinajstić information content (AvgIpc) is 2.78. The highest BCUT2D eigenvalue weighted by molar-refractivity contribution is 6.63. The summed E-state index contributed by atoms with van der Waals surface area (Å²) in [6.45, 7) is 7.87. The molecule has 3 N–H and O–H groups in total. The summed E-state index contributed by atoms with van der Waals surface area (Å²) in [6, 6.07) is 3.22. The second kappa shape index (κ2) is 5.74. The maximum atomic E-state index is 11.5. The van der Waals surface area contributed by atoms with E-state index in [1.807, 2.05) is 27.7 Å². The molecule has 2 rings (SSSR count). The normalized spacial score (nSPS) is 12.1. The first kappa shape index (κ1) is 16.5. The minimum atomic E-state index is -1.16. The molecular weight excluding hydrogens is 281 g/mol. The van der Waals surface area contributed by atoms with Crippen LogP contribution in [-0.2, 0) is 11.7 Å². The van der Waals surface area contributed by atoms with Crippen molar-refractivity contribution in [3.8, 4) is 0 Å². The molecule has 0 spiro atoms. The van der Waals surface area contributed by atoms with Crippen molar-refractivity contribution < 1.29 is 14.5 Å². The lowest BCUT2D eigenvalue weighted by molar-refractivity contribution is 0.0424. The van der Waals surface area contributed by atoms with Gasteiger partial charge in [0.15, 0.2) is 0 Å². The Hall–Kier alpha value is -1.86. The van der Waals surface area contributed by atoms with Crippen LogP contribution in [0, 0.1) is 5.92 Å². The lowest BCUT2D eigenvalue weighted by Gasteiger charge is -2.31. The van der Waals surface area contributed by atoms with Crippen molar-refractivity contribution in [1.29, 1.82) is 0 Å². The molecule has 7 heteroatoms. The average molecular weight is 303 g/mol. The van der Waals surface area contributed by atoms with Gasteiger partial charge < -0.3 is 15.4 Å². The minimum absolute atomic E-state index is 0.214. The molecule has 0 aliphatic carbocycles. The van der Waals surface area contributed by atoms with E-state index in [4.69, 9.17) is 10.4 Å². The summed E-state index contributed by atoms with van der Waals surface area (Å²) in [7, 11) is 0.603. The molecule has 0 radical (unpaired) electrons. The molecule has 0 bridgehead atoms. The van der Waals surface area contributed by atoms with Gasteiger partial charge in [-0.1, -0.05) is 13.8 Å². The van der Waals surface area contributed by atoms with Crippen molar-refractivity contribution in [2.24, 2.45) is 18.7 Å². The summed E-state index contributed by atoms with van der Waals surface area (Å²) in [6.07, 6.45) is 1.64. The Labute approximate surface area is 130 Å². The fourth-order valence-electron chi connectivity index (χ4n) is 2.11. The van der Waals surface area contributed by atoms with E-state index < -0.39 is 18.6 Å². The summed E-state index contributed by atoms with van der Waals surface area (Å²) < 4.78 is 7.43. The van der Waals surface area contributed by atoms with E-state index in [0.717, 1.165) is 10.9 Å². The first-order valence-electron chi connectivity index (χ1n) is 7.25. The molecule has 0 saturated carbocycles.